The van der Waals surface area contributed by atoms with Crippen LogP contribution in [-0.4, -0.2) is 40.1 Å². The van der Waals surface area contributed by atoms with Gasteiger partial charge < -0.3 is 0 Å². The maximum absolute atomic E-state index is 13.3. The van der Waals surface area contributed by atoms with Gasteiger partial charge in [0.05, 0.1) is 27.3 Å². The minimum atomic E-state index is -0.659. The fraction of sp³-hybridized carbons (Fsp3) is 0.238. The van der Waals surface area contributed by atoms with Crippen LogP contribution in [0.3, 0.4) is 0 Å². The van der Waals surface area contributed by atoms with Crippen LogP contribution in [0.2, 0.25) is 5.02 Å². The first kappa shape index (κ1) is 19.5. The van der Waals surface area contributed by atoms with Crippen molar-refractivity contribution in [1.29, 1.82) is 0 Å². The first-order valence-corrected chi connectivity index (χ1v) is 10.4. The second-order valence-corrected chi connectivity index (χ2v) is 8.24. The summed E-state index contributed by atoms with van der Waals surface area (Å²) in [5.41, 5.74) is 0.127. The van der Waals surface area contributed by atoms with Gasteiger partial charge in [0.15, 0.2) is 5.78 Å². The average molecular weight is 429 g/mol. The monoisotopic (exact) mass is 428 g/mol. The Morgan fingerprint density at radius 3 is 2.28 bits per heavy atom. The van der Waals surface area contributed by atoms with E-state index >= 15 is 0 Å². The van der Waals surface area contributed by atoms with Crippen molar-refractivity contribution in [3.05, 3.63) is 69.4 Å². The molecule has 0 radical (unpaired) electrons. The summed E-state index contributed by atoms with van der Waals surface area (Å²) in [6.07, 6.45) is 4.62. The van der Waals surface area contributed by atoms with Gasteiger partial charge in [-0.3, -0.25) is 19.2 Å². The average Bonchev–Trinajstić information content (AvgIpc) is 3.35. The van der Waals surface area contributed by atoms with E-state index in [2.05, 4.69) is 0 Å². The smallest absolute Gasteiger partial charge is 0.274 e. The third kappa shape index (κ3) is 3.52. The molecule has 1 aromatic carbocycles. The molecule has 4 rings (SSSR count). The van der Waals surface area contributed by atoms with Crippen molar-refractivity contribution in [2.45, 2.75) is 12.8 Å². The molecule has 0 N–H and O–H groups in total. The number of hydrogen-bond donors (Lipinski definition) is 0. The number of allylic oxidation sites excluding steroid dienone is 2. The zero-order valence-electron chi connectivity index (χ0n) is 15.3. The predicted octanol–water partition coefficient (Wildman–Crippen LogP) is 3.59. The zero-order chi connectivity index (χ0) is 20.5. The van der Waals surface area contributed by atoms with Gasteiger partial charge in [-0.25, -0.2) is 5.01 Å². The molecule has 0 unspecified atom stereocenters. The van der Waals surface area contributed by atoms with Gasteiger partial charge in [0.25, 0.3) is 17.7 Å². The first-order valence-electron chi connectivity index (χ1n) is 9.15. The molecule has 3 amide bonds. The van der Waals surface area contributed by atoms with E-state index in [1.54, 1.807) is 35.7 Å². The van der Waals surface area contributed by atoms with Crippen LogP contribution in [-0.2, 0) is 9.59 Å². The molecule has 1 aliphatic heterocycles. The van der Waals surface area contributed by atoms with Gasteiger partial charge >= 0.3 is 0 Å². The molecule has 1 saturated heterocycles. The van der Waals surface area contributed by atoms with Crippen LogP contribution in [0.5, 0.6) is 0 Å². The number of benzene rings is 1. The van der Waals surface area contributed by atoms with Crippen LogP contribution in [0.15, 0.2) is 53.9 Å². The molecule has 2 atom stereocenters. The number of nitrogens with zero attached hydrogens (tertiary/aromatic N) is 2. The summed E-state index contributed by atoms with van der Waals surface area (Å²) in [7, 11) is 0. The van der Waals surface area contributed by atoms with Crippen molar-refractivity contribution >= 4 is 46.4 Å². The summed E-state index contributed by atoms with van der Waals surface area (Å²) < 4.78 is 0. The minimum Gasteiger partial charge on any atom is -0.291 e. The Bertz CT molecular complexity index is 991. The molecule has 8 heteroatoms. The van der Waals surface area contributed by atoms with Gasteiger partial charge in [0, 0.05) is 0 Å². The number of halogens is 1. The Kier molecular flexibility index (Phi) is 5.34. The van der Waals surface area contributed by atoms with Crippen LogP contribution in [0.4, 0.5) is 0 Å². The lowest BCUT2D eigenvalue weighted by Gasteiger charge is -2.30. The van der Waals surface area contributed by atoms with Crippen LogP contribution >= 0.6 is 22.9 Å². The summed E-state index contributed by atoms with van der Waals surface area (Å²) in [6.45, 7) is -0.422. The van der Waals surface area contributed by atoms with Crippen molar-refractivity contribution in [2.24, 2.45) is 11.8 Å². The van der Waals surface area contributed by atoms with Gasteiger partial charge in [0.1, 0.15) is 6.54 Å². The van der Waals surface area contributed by atoms with Gasteiger partial charge in [-0.15, -0.1) is 11.3 Å². The molecule has 2 aromatic rings. The number of thiophene rings is 1. The highest BCUT2D eigenvalue weighted by molar-refractivity contribution is 7.12. The summed E-state index contributed by atoms with van der Waals surface area (Å²) >= 11 is 7.41. The Morgan fingerprint density at radius 2 is 1.69 bits per heavy atom. The second-order valence-electron chi connectivity index (χ2n) is 6.89. The topological polar surface area (TPSA) is 74.8 Å². The van der Waals surface area contributed by atoms with E-state index in [4.69, 9.17) is 11.6 Å². The highest BCUT2D eigenvalue weighted by atomic mass is 35.5. The van der Waals surface area contributed by atoms with E-state index < -0.39 is 36.1 Å². The number of carbonyl (C=O) groups excluding carboxylic acids is 4. The number of ketones is 1. The fourth-order valence-electron chi connectivity index (χ4n) is 3.68. The van der Waals surface area contributed by atoms with Gasteiger partial charge in [-0.05, 0) is 36.4 Å². The Morgan fingerprint density at radius 1 is 1.03 bits per heavy atom. The molecule has 29 heavy (non-hydrogen) atoms. The van der Waals surface area contributed by atoms with Gasteiger partial charge in [-0.1, -0.05) is 42.0 Å². The van der Waals surface area contributed by atoms with Crippen molar-refractivity contribution in [3.63, 3.8) is 0 Å². The molecule has 0 spiro atoms. The lowest BCUT2D eigenvalue weighted by Crippen LogP contribution is -2.52. The number of hydrogen-bond acceptors (Lipinski definition) is 5. The quantitative estimate of drug-likeness (QED) is 0.414. The van der Waals surface area contributed by atoms with E-state index in [9.17, 15) is 19.2 Å². The zero-order valence-corrected chi connectivity index (χ0v) is 16.9. The molecule has 2 heterocycles. The van der Waals surface area contributed by atoms with E-state index in [-0.39, 0.29) is 16.4 Å². The Labute approximate surface area is 176 Å². The highest BCUT2D eigenvalue weighted by Gasteiger charge is 2.51. The third-order valence-electron chi connectivity index (χ3n) is 5.15. The number of fused-ring (bicyclic) bond motifs is 1. The Balaban J connectivity index is 1.71. The lowest BCUT2D eigenvalue weighted by atomic mass is 9.85. The lowest BCUT2D eigenvalue weighted by molar-refractivity contribution is -0.154. The van der Waals surface area contributed by atoms with E-state index in [0.29, 0.717) is 17.7 Å². The minimum absolute atomic E-state index is 0.127. The normalized spacial score (nSPS) is 20.7. The molecule has 2 aliphatic rings. The van der Waals surface area contributed by atoms with Crippen molar-refractivity contribution in [2.75, 3.05) is 6.54 Å². The molecule has 1 aromatic heterocycles. The highest BCUT2D eigenvalue weighted by Crippen LogP contribution is 2.36. The van der Waals surface area contributed by atoms with E-state index in [1.165, 1.54) is 17.4 Å². The molecule has 1 aliphatic carbocycles. The molecule has 0 saturated carbocycles. The van der Waals surface area contributed by atoms with Gasteiger partial charge in [0.2, 0.25) is 0 Å². The standard InChI is InChI=1S/C21H17ClN2O4S/c22-16-9-4-3-8-15(16)19(26)23(12-17(25)18-10-5-11-29-18)24-20(27)13-6-1-2-7-14(13)21(24)28/h1-5,8-11,13-14H,6-7,12H2/t13-,14-/m0/s1. The molecule has 1 fully saturated rings. The summed E-state index contributed by atoms with van der Waals surface area (Å²) in [6, 6.07) is 9.73. The number of amides is 3. The largest absolute Gasteiger partial charge is 0.291 e. The summed E-state index contributed by atoms with van der Waals surface area (Å²) in [5.74, 6) is -2.94. The Hall–Kier alpha value is -2.77. The molecule has 6 nitrogen and oxygen atoms in total. The first-order chi connectivity index (χ1) is 14.0. The number of rotatable bonds is 5. The SMILES string of the molecule is O=C(CN(C(=O)c1ccccc1Cl)N1C(=O)[C@H]2CC=CC[C@@H]2C1=O)c1cccs1. The summed E-state index contributed by atoms with van der Waals surface area (Å²) in [5, 5.41) is 3.75. The van der Waals surface area contributed by atoms with Crippen molar-refractivity contribution in [3.8, 4) is 0 Å². The van der Waals surface area contributed by atoms with Crippen LogP contribution in [0, 0.1) is 11.8 Å². The second kappa shape index (κ2) is 7.93. The van der Waals surface area contributed by atoms with Crippen LogP contribution in [0.1, 0.15) is 32.9 Å². The molecule has 148 valence electrons. The fourth-order valence-corrected chi connectivity index (χ4v) is 4.55. The number of imide groups is 1. The van der Waals surface area contributed by atoms with Crippen molar-refractivity contribution < 1.29 is 19.2 Å². The molecule has 0 bridgehead atoms. The maximum Gasteiger partial charge on any atom is 0.274 e. The van der Waals surface area contributed by atoms with E-state index in [0.717, 1.165) is 10.0 Å². The predicted molar refractivity (Wildman–Crippen MR) is 108 cm³/mol. The summed E-state index contributed by atoms with van der Waals surface area (Å²) in [4.78, 5) is 52.5. The number of Topliss-reactive ketones (excluding diaryl/α,β-unsaturated/α-hetero) is 1. The molecular formula is C21H17ClN2O4S. The maximum atomic E-state index is 13.3. The van der Waals surface area contributed by atoms with Crippen molar-refractivity contribution in [1.82, 2.24) is 10.0 Å². The molecular weight excluding hydrogens is 412 g/mol. The van der Waals surface area contributed by atoms with Crippen LogP contribution < -0.4 is 0 Å². The third-order valence-corrected chi connectivity index (χ3v) is 6.39. The van der Waals surface area contributed by atoms with Crippen LogP contribution in [0.25, 0.3) is 0 Å². The number of carbonyl (C=O) groups is 4. The van der Waals surface area contributed by atoms with E-state index in [1.807, 2.05) is 12.2 Å². The van der Waals surface area contributed by atoms with Gasteiger partial charge in [-0.2, -0.15) is 5.01 Å². The number of hydrazine groups is 1.